The molecule has 0 unspecified atom stereocenters. The minimum atomic E-state index is 0.950. The Morgan fingerprint density at radius 3 is 2.38 bits per heavy atom. The van der Waals surface area contributed by atoms with Crippen LogP contribution in [-0.4, -0.2) is 0 Å². The lowest BCUT2D eigenvalue weighted by Crippen LogP contribution is -1.78. The highest BCUT2D eigenvalue weighted by Crippen LogP contribution is 2.08. The van der Waals surface area contributed by atoms with E-state index in [0.29, 0.717) is 0 Å². The van der Waals surface area contributed by atoms with Gasteiger partial charge in [0, 0.05) is 5.56 Å². The van der Waals surface area contributed by atoms with Crippen molar-refractivity contribution < 1.29 is 0 Å². The highest BCUT2D eigenvalue weighted by Gasteiger charge is 1.91. The first-order valence-corrected chi connectivity index (χ1v) is 4.57. The summed E-state index contributed by atoms with van der Waals surface area (Å²) >= 11 is 0. The predicted octanol–water partition coefficient (Wildman–Crippen LogP) is 3.73. The van der Waals surface area contributed by atoms with Crippen molar-refractivity contribution in [3.63, 3.8) is 0 Å². The highest BCUT2D eigenvalue weighted by molar-refractivity contribution is 5.58. The third kappa shape index (κ3) is 3.62. The van der Waals surface area contributed by atoms with E-state index >= 15 is 0 Å². The van der Waals surface area contributed by atoms with Gasteiger partial charge < -0.3 is 0 Å². The van der Waals surface area contributed by atoms with Gasteiger partial charge >= 0.3 is 0 Å². The molecule has 0 heterocycles. The molecule has 1 rings (SSSR count). The maximum atomic E-state index is 5.30. The summed E-state index contributed by atoms with van der Waals surface area (Å²) in [5.74, 6) is 2.63. The van der Waals surface area contributed by atoms with E-state index in [9.17, 15) is 0 Å². The average molecular weight is 172 g/mol. The molecule has 0 aliphatic carbocycles. The van der Waals surface area contributed by atoms with Crippen molar-refractivity contribution in [2.45, 2.75) is 20.8 Å². The molecule has 0 saturated carbocycles. The molecule has 0 aliphatic rings. The Kier molecular flexibility index (Phi) is 6.37. The number of hydrogen-bond donors (Lipinski definition) is 0. The lowest BCUT2D eigenvalue weighted by Gasteiger charge is -1.95. The Morgan fingerprint density at radius 1 is 1.23 bits per heavy atom. The van der Waals surface area contributed by atoms with Gasteiger partial charge in [-0.05, 0) is 18.6 Å². The molecule has 13 heavy (non-hydrogen) atoms. The molecule has 0 heteroatoms. The van der Waals surface area contributed by atoms with Gasteiger partial charge in [-0.1, -0.05) is 50.1 Å². The van der Waals surface area contributed by atoms with E-state index in [0.717, 1.165) is 11.1 Å². The second kappa shape index (κ2) is 7.18. The maximum absolute atomic E-state index is 5.30. The van der Waals surface area contributed by atoms with Gasteiger partial charge in [0.2, 0.25) is 0 Å². The molecule has 0 N–H and O–H groups in total. The minimum Gasteiger partial charge on any atom is -0.115 e. The standard InChI is InChI=1S/C11H10.C2H6/c1-3-7-11-9-6-5-8-10(11)4-2;1-2/h2-3,5-9H,1H3;1-2H3/b7-3-;. The van der Waals surface area contributed by atoms with E-state index < -0.39 is 0 Å². The van der Waals surface area contributed by atoms with E-state index in [4.69, 9.17) is 6.42 Å². The minimum absolute atomic E-state index is 0.950. The van der Waals surface area contributed by atoms with Crippen LogP contribution in [0, 0.1) is 12.3 Å². The van der Waals surface area contributed by atoms with Crippen LogP contribution < -0.4 is 0 Å². The van der Waals surface area contributed by atoms with Crippen LogP contribution in [0.15, 0.2) is 30.3 Å². The van der Waals surface area contributed by atoms with Crippen molar-refractivity contribution in [1.29, 1.82) is 0 Å². The molecule has 0 amide bonds. The molecule has 1 aromatic carbocycles. The smallest absolute Gasteiger partial charge is 0.0314 e. The first kappa shape index (κ1) is 11.5. The summed E-state index contributed by atoms with van der Waals surface area (Å²) in [6.45, 7) is 5.98. The van der Waals surface area contributed by atoms with Crippen molar-refractivity contribution in [2.24, 2.45) is 0 Å². The van der Waals surface area contributed by atoms with Gasteiger partial charge in [-0.2, -0.15) is 0 Å². The lowest BCUT2D eigenvalue weighted by molar-refractivity contribution is 1.50. The van der Waals surface area contributed by atoms with Crippen LogP contribution in [0.4, 0.5) is 0 Å². The number of hydrogen-bond acceptors (Lipinski definition) is 0. The quantitative estimate of drug-likeness (QED) is 0.566. The van der Waals surface area contributed by atoms with Crippen LogP contribution in [0.2, 0.25) is 0 Å². The summed E-state index contributed by atoms with van der Waals surface area (Å²) in [6, 6.07) is 7.88. The van der Waals surface area contributed by atoms with Crippen LogP contribution in [0.1, 0.15) is 31.9 Å². The van der Waals surface area contributed by atoms with Crippen molar-refractivity contribution in [3.05, 3.63) is 41.5 Å². The van der Waals surface area contributed by atoms with E-state index in [1.54, 1.807) is 0 Å². The number of allylic oxidation sites excluding steroid dienone is 1. The van der Waals surface area contributed by atoms with Crippen molar-refractivity contribution in [3.8, 4) is 12.3 Å². The third-order valence-corrected chi connectivity index (χ3v) is 1.46. The van der Waals surface area contributed by atoms with E-state index in [2.05, 4.69) is 5.92 Å². The van der Waals surface area contributed by atoms with Crippen molar-refractivity contribution >= 4 is 6.08 Å². The molecule has 0 radical (unpaired) electrons. The zero-order valence-electron chi connectivity index (χ0n) is 8.54. The molecule has 0 saturated heterocycles. The molecule has 0 aliphatic heterocycles. The average Bonchev–Trinajstić information content (AvgIpc) is 2.22. The molecule has 0 spiro atoms. The summed E-state index contributed by atoms with van der Waals surface area (Å²) in [5, 5.41) is 0. The van der Waals surface area contributed by atoms with Gasteiger partial charge in [0.05, 0.1) is 0 Å². The molecule has 68 valence electrons. The monoisotopic (exact) mass is 172 g/mol. The second-order valence-electron chi connectivity index (χ2n) is 2.23. The first-order valence-electron chi connectivity index (χ1n) is 4.57. The molecule has 0 aromatic heterocycles. The fraction of sp³-hybridized carbons (Fsp3) is 0.231. The van der Waals surface area contributed by atoms with Gasteiger partial charge in [-0.25, -0.2) is 0 Å². The first-order chi connectivity index (χ1) is 6.38. The third-order valence-electron chi connectivity index (χ3n) is 1.46. The molecular formula is C13H16. The van der Waals surface area contributed by atoms with E-state index in [1.807, 2.05) is 57.2 Å². The van der Waals surface area contributed by atoms with Gasteiger partial charge in [-0.15, -0.1) is 6.42 Å². The molecule has 0 atom stereocenters. The highest BCUT2D eigenvalue weighted by atomic mass is 13.9. The maximum Gasteiger partial charge on any atom is 0.0314 e. The normalized spacial score (nSPS) is 8.77. The SMILES string of the molecule is C#Cc1ccccc1/C=C\C.CC. The molecule has 0 bridgehead atoms. The summed E-state index contributed by atoms with van der Waals surface area (Å²) in [7, 11) is 0. The number of rotatable bonds is 1. The molecule has 1 aromatic rings. The van der Waals surface area contributed by atoms with Crippen LogP contribution in [-0.2, 0) is 0 Å². The van der Waals surface area contributed by atoms with Crippen LogP contribution in [0.3, 0.4) is 0 Å². The Hall–Kier alpha value is -1.48. The lowest BCUT2D eigenvalue weighted by atomic mass is 10.1. The van der Waals surface area contributed by atoms with E-state index in [1.165, 1.54) is 0 Å². The van der Waals surface area contributed by atoms with Gasteiger partial charge in [-0.3, -0.25) is 0 Å². The predicted molar refractivity (Wildman–Crippen MR) is 60.4 cm³/mol. The zero-order chi connectivity index (χ0) is 10.1. The Balaban J connectivity index is 0.000000671. The summed E-state index contributed by atoms with van der Waals surface area (Å²) in [4.78, 5) is 0. The molecular weight excluding hydrogens is 156 g/mol. The van der Waals surface area contributed by atoms with Crippen LogP contribution in [0.5, 0.6) is 0 Å². The topological polar surface area (TPSA) is 0 Å². The largest absolute Gasteiger partial charge is 0.115 e. The van der Waals surface area contributed by atoms with Gasteiger partial charge in [0.15, 0.2) is 0 Å². The summed E-state index contributed by atoms with van der Waals surface area (Å²) in [5.41, 5.74) is 2.06. The zero-order valence-corrected chi connectivity index (χ0v) is 8.54. The van der Waals surface area contributed by atoms with Gasteiger partial charge in [0.1, 0.15) is 0 Å². The van der Waals surface area contributed by atoms with Crippen molar-refractivity contribution in [2.75, 3.05) is 0 Å². The Labute approximate surface area is 81.3 Å². The fourth-order valence-corrected chi connectivity index (χ4v) is 0.953. The van der Waals surface area contributed by atoms with Crippen LogP contribution in [0.25, 0.3) is 6.08 Å². The van der Waals surface area contributed by atoms with Crippen molar-refractivity contribution in [1.82, 2.24) is 0 Å². The molecule has 0 nitrogen and oxygen atoms in total. The molecule has 0 fully saturated rings. The fourth-order valence-electron chi connectivity index (χ4n) is 0.953. The number of benzene rings is 1. The second-order valence-corrected chi connectivity index (χ2v) is 2.23. The Bertz CT molecular complexity index is 300. The summed E-state index contributed by atoms with van der Waals surface area (Å²) < 4.78 is 0. The summed E-state index contributed by atoms with van der Waals surface area (Å²) in [6.07, 6.45) is 9.29. The van der Waals surface area contributed by atoms with Gasteiger partial charge in [0.25, 0.3) is 0 Å². The van der Waals surface area contributed by atoms with Crippen LogP contribution >= 0.6 is 0 Å². The Morgan fingerprint density at radius 2 is 1.85 bits per heavy atom. The number of terminal acetylenes is 1. The van der Waals surface area contributed by atoms with E-state index in [-0.39, 0.29) is 0 Å².